The van der Waals surface area contributed by atoms with Crippen molar-refractivity contribution in [1.82, 2.24) is 10.2 Å². The fraction of sp³-hybridized carbons (Fsp3) is 0.481. The molecule has 2 aromatic rings. The maximum absolute atomic E-state index is 12.7. The van der Waals surface area contributed by atoms with Crippen LogP contribution in [0.15, 0.2) is 42.5 Å². The van der Waals surface area contributed by atoms with Crippen molar-refractivity contribution in [2.45, 2.75) is 64.5 Å². The minimum atomic E-state index is -0.133. The Morgan fingerprint density at radius 1 is 1.00 bits per heavy atom. The van der Waals surface area contributed by atoms with Crippen molar-refractivity contribution in [3.05, 3.63) is 64.2 Å². The van der Waals surface area contributed by atoms with Gasteiger partial charge in [0.15, 0.2) is 0 Å². The highest BCUT2D eigenvalue weighted by Crippen LogP contribution is 2.23. The first-order valence-electron chi connectivity index (χ1n) is 12.2. The van der Waals surface area contributed by atoms with Crippen LogP contribution in [0.2, 0.25) is 5.02 Å². The zero-order chi connectivity index (χ0) is 23.2. The van der Waals surface area contributed by atoms with Gasteiger partial charge in [-0.2, -0.15) is 0 Å². The van der Waals surface area contributed by atoms with Crippen molar-refractivity contribution >= 4 is 29.1 Å². The van der Waals surface area contributed by atoms with E-state index >= 15 is 0 Å². The van der Waals surface area contributed by atoms with Crippen LogP contribution in [-0.4, -0.2) is 35.8 Å². The third-order valence-corrected chi connectivity index (χ3v) is 7.17. The second-order valence-corrected chi connectivity index (χ2v) is 9.94. The van der Waals surface area contributed by atoms with Crippen LogP contribution in [0.4, 0.5) is 5.69 Å². The van der Waals surface area contributed by atoms with Crippen LogP contribution in [0.5, 0.6) is 0 Å². The molecule has 2 fully saturated rings. The van der Waals surface area contributed by atoms with Crippen molar-refractivity contribution in [2.24, 2.45) is 5.92 Å². The van der Waals surface area contributed by atoms with Gasteiger partial charge in [0, 0.05) is 34.8 Å². The molecule has 5 nitrogen and oxygen atoms in total. The average molecular weight is 468 g/mol. The molecule has 0 bridgehead atoms. The highest BCUT2D eigenvalue weighted by molar-refractivity contribution is 6.30. The third-order valence-electron chi connectivity index (χ3n) is 6.93. The predicted molar refractivity (Wildman–Crippen MR) is 134 cm³/mol. The van der Waals surface area contributed by atoms with Gasteiger partial charge in [-0.25, -0.2) is 0 Å². The summed E-state index contributed by atoms with van der Waals surface area (Å²) in [4.78, 5) is 27.7. The lowest BCUT2D eigenvalue weighted by atomic mass is 9.92. The zero-order valence-electron chi connectivity index (χ0n) is 19.4. The number of aryl methyl sites for hydroxylation is 1. The van der Waals surface area contributed by atoms with Crippen LogP contribution in [0.3, 0.4) is 0 Å². The Morgan fingerprint density at radius 3 is 2.48 bits per heavy atom. The maximum atomic E-state index is 12.7. The minimum Gasteiger partial charge on any atom is -0.353 e. The van der Waals surface area contributed by atoms with Crippen molar-refractivity contribution in [3.63, 3.8) is 0 Å². The van der Waals surface area contributed by atoms with Crippen molar-refractivity contribution < 1.29 is 9.59 Å². The molecular formula is C27H34ClN3O2. The summed E-state index contributed by atoms with van der Waals surface area (Å²) in [5, 5.41) is 6.92. The summed E-state index contributed by atoms with van der Waals surface area (Å²) in [6.45, 7) is 4.55. The molecule has 176 valence electrons. The van der Waals surface area contributed by atoms with E-state index in [0.29, 0.717) is 16.6 Å². The van der Waals surface area contributed by atoms with Gasteiger partial charge >= 0.3 is 0 Å². The van der Waals surface area contributed by atoms with E-state index in [4.69, 9.17) is 11.6 Å². The standard InChI is InChI=1S/C27H34ClN3O2/c1-19-16-22(28)10-11-25(19)27(33)30-24-9-5-6-20(17-24)18-31-14-12-21(13-15-31)26(32)29-23-7-3-2-4-8-23/h5-6,9-11,16-17,21,23H,2-4,7-8,12-15,18H2,1H3,(H,29,32)(H,30,33). The summed E-state index contributed by atoms with van der Waals surface area (Å²) in [7, 11) is 0. The monoisotopic (exact) mass is 467 g/mol. The molecule has 4 rings (SSSR count). The van der Waals surface area contributed by atoms with Crippen LogP contribution in [0, 0.1) is 12.8 Å². The number of piperidine rings is 1. The van der Waals surface area contributed by atoms with Gasteiger partial charge in [-0.3, -0.25) is 14.5 Å². The van der Waals surface area contributed by atoms with E-state index in [-0.39, 0.29) is 17.7 Å². The van der Waals surface area contributed by atoms with Crippen LogP contribution in [0.1, 0.15) is 66.4 Å². The van der Waals surface area contributed by atoms with Crippen LogP contribution in [0.25, 0.3) is 0 Å². The van der Waals surface area contributed by atoms with Crippen LogP contribution in [-0.2, 0) is 11.3 Å². The molecule has 0 unspecified atom stereocenters. The smallest absolute Gasteiger partial charge is 0.255 e. The number of halogens is 1. The lowest BCUT2D eigenvalue weighted by Gasteiger charge is -2.32. The Morgan fingerprint density at radius 2 is 1.76 bits per heavy atom. The van der Waals surface area contributed by atoms with Gasteiger partial charge in [0.05, 0.1) is 0 Å². The highest BCUT2D eigenvalue weighted by atomic mass is 35.5. The van der Waals surface area contributed by atoms with Gasteiger partial charge < -0.3 is 10.6 Å². The quantitative estimate of drug-likeness (QED) is 0.584. The molecule has 1 saturated carbocycles. The fourth-order valence-electron chi connectivity index (χ4n) is 5.01. The number of hydrogen-bond acceptors (Lipinski definition) is 3. The Balaban J connectivity index is 1.27. The Kier molecular flexibility index (Phi) is 8.05. The van der Waals surface area contributed by atoms with Gasteiger partial charge in [-0.15, -0.1) is 0 Å². The molecule has 2 amide bonds. The number of nitrogens with zero attached hydrogens (tertiary/aromatic N) is 1. The van der Waals surface area contributed by atoms with E-state index in [1.54, 1.807) is 18.2 Å². The molecular weight excluding hydrogens is 434 g/mol. The number of carbonyl (C=O) groups is 2. The predicted octanol–water partition coefficient (Wildman–Crippen LogP) is 5.56. The fourth-order valence-corrected chi connectivity index (χ4v) is 5.23. The first kappa shape index (κ1) is 23.8. The highest BCUT2D eigenvalue weighted by Gasteiger charge is 2.27. The maximum Gasteiger partial charge on any atom is 0.255 e. The number of carbonyl (C=O) groups excluding carboxylic acids is 2. The van der Waals surface area contributed by atoms with E-state index in [1.165, 1.54) is 19.3 Å². The van der Waals surface area contributed by atoms with Crippen molar-refractivity contribution in [3.8, 4) is 0 Å². The summed E-state index contributed by atoms with van der Waals surface area (Å²) in [6.07, 6.45) is 7.86. The Bertz CT molecular complexity index is 979. The first-order valence-corrected chi connectivity index (χ1v) is 12.5. The topological polar surface area (TPSA) is 61.4 Å². The second kappa shape index (κ2) is 11.2. The number of benzene rings is 2. The van der Waals surface area contributed by atoms with E-state index in [1.807, 2.05) is 25.1 Å². The number of amides is 2. The largest absolute Gasteiger partial charge is 0.353 e. The summed E-state index contributed by atoms with van der Waals surface area (Å²) >= 11 is 6.01. The van der Waals surface area contributed by atoms with Gasteiger partial charge in [0.1, 0.15) is 0 Å². The number of nitrogens with one attached hydrogen (secondary N) is 2. The molecule has 0 spiro atoms. The van der Waals surface area contributed by atoms with E-state index in [0.717, 1.165) is 62.1 Å². The summed E-state index contributed by atoms with van der Waals surface area (Å²) < 4.78 is 0. The molecule has 0 radical (unpaired) electrons. The summed E-state index contributed by atoms with van der Waals surface area (Å²) in [6, 6.07) is 13.7. The van der Waals surface area contributed by atoms with E-state index < -0.39 is 0 Å². The molecule has 1 aliphatic carbocycles. The van der Waals surface area contributed by atoms with Gasteiger partial charge in [-0.1, -0.05) is 43.0 Å². The first-order chi connectivity index (χ1) is 16.0. The molecule has 1 aliphatic heterocycles. The number of rotatable bonds is 6. The lowest BCUT2D eigenvalue weighted by Crippen LogP contribution is -2.44. The van der Waals surface area contributed by atoms with Gasteiger partial charge in [-0.05, 0) is 87.2 Å². The molecule has 2 aromatic carbocycles. The Labute approximate surface area is 201 Å². The number of anilines is 1. The normalized spacial score (nSPS) is 18.1. The van der Waals surface area contributed by atoms with Gasteiger partial charge in [0.25, 0.3) is 5.91 Å². The van der Waals surface area contributed by atoms with Crippen molar-refractivity contribution in [2.75, 3.05) is 18.4 Å². The Hall–Kier alpha value is -2.37. The average Bonchev–Trinajstić information content (AvgIpc) is 2.80. The van der Waals surface area contributed by atoms with E-state index in [2.05, 4.69) is 21.6 Å². The SMILES string of the molecule is Cc1cc(Cl)ccc1C(=O)Nc1cccc(CN2CCC(C(=O)NC3CCCCC3)CC2)c1. The molecule has 1 saturated heterocycles. The molecule has 0 aromatic heterocycles. The minimum absolute atomic E-state index is 0.133. The van der Waals surface area contributed by atoms with Crippen LogP contribution >= 0.6 is 11.6 Å². The lowest BCUT2D eigenvalue weighted by molar-refractivity contribution is -0.127. The number of hydrogen-bond donors (Lipinski definition) is 2. The van der Waals surface area contributed by atoms with Crippen molar-refractivity contribution in [1.29, 1.82) is 0 Å². The summed E-state index contributed by atoms with van der Waals surface area (Å²) in [5.74, 6) is 0.256. The second-order valence-electron chi connectivity index (χ2n) is 9.51. The van der Waals surface area contributed by atoms with E-state index in [9.17, 15) is 9.59 Å². The molecule has 6 heteroatoms. The molecule has 0 atom stereocenters. The molecule has 1 heterocycles. The molecule has 2 N–H and O–H groups in total. The van der Waals surface area contributed by atoms with Crippen LogP contribution < -0.4 is 10.6 Å². The summed E-state index contributed by atoms with van der Waals surface area (Å²) in [5.41, 5.74) is 3.42. The molecule has 33 heavy (non-hydrogen) atoms. The zero-order valence-corrected chi connectivity index (χ0v) is 20.2. The third kappa shape index (κ3) is 6.58. The molecule has 2 aliphatic rings. The number of likely N-dealkylation sites (tertiary alicyclic amines) is 1. The van der Waals surface area contributed by atoms with Gasteiger partial charge in [0.2, 0.25) is 5.91 Å².